The Labute approximate surface area is 160 Å². The molecule has 3 nitrogen and oxygen atoms in total. The highest BCUT2D eigenvalue weighted by atomic mass is 19.4. The predicted molar refractivity (Wildman–Crippen MR) is 94.4 cm³/mol. The molecule has 1 aliphatic rings. The first kappa shape index (κ1) is 22.8. The van der Waals surface area contributed by atoms with Gasteiger partial charge in [0.25, 0.3) is 0 Å². The van der Waals surface area contributed by atoms with Gasteiger partial charge < -0.3 is 14.6 Å². The topological polar surface area (TPSA) is 30.5 Å². The van der Waals surface area contributed by atoms with Crippen LogP contribution in [0.15, 0.2) is 23.7 Å². The van der Waals surface area contributed by atoms with E-state index in [1.165, 1.54) is 7.05 Å². The van der Waals surface area contributed by atoms with Gasteiger partial charge in [0.15, 0.2) is 0 Å². The molecule has 1 heterocycles. The van der Waals surface area contributed by atoms with Crippen molar-refractivity contribution in [3.63, 3.8) is 0 Å². The summed E-state index contributed by atoms with van der Waals surface area (Å²) in [5.74, 6) is 0. The average molecular weight is 409 g/mol. The lowest BCUT2D eigenvalue weighted by Crippen LogP contribution is -2.41. The summed E-state index contributed by atoms with van der Waals surface area (Å²) in [7, 11) is 0.444. The normalized spacial score (nSPS) is 20.0. The third-order valence-electron chi connectivity index (χ3n) is 4.98. The van der Waals surface area contributed by atoms with Crippen molar-refractivity contribution in [1.82, 2.24) is 5.32 Å². The Bertz CT molecular complexity index is 707. The first-order valence-corrected chi connectivity index (χ1v) is 8.58. The van der Waals surface area contributed by atoms with E-state index in [1.807, 2.05) is 0 Å². The van der Waals surface area contributed by atoms with Crippen molar-refractivity contribution < 1.29 is 35.7 Å². The van der Waals surface area contributed by atoms with Gasteiger partial charge >= 0.3 is 19.5 Å². The highest BCUT2D eigenvalue weighted by molar-refractivity contribution is 6.56. The van der Waals surface area contributed by atoms with Crippen molar-refractivity contribution in [2.24, 2.45) is 0 Å². The summed E-state index contributed by atoms with van der Waals surface area (Å²) in [6, 6.07) is 2.00. The van der Waals surface area contributed by atoms with Gasteiger partial charge in [-0.2, -0.15) is 26.3 Å². The van der Waals surface area contributed by atoms with Crippen LogP contribution in [0.1, 0.15) is 44.4 Å². The van der Waals surface area contributed by atoms with E-state index in [4.69, 9.17) is 9.31 Å². The molecule has 0 spiro atoms. The van der Waals surface area contributed by atoms with Gasteiger partial charge in [0, 0.05) is 6.54 Å². The fourth-order valence-corrected chi connectivity index (χ4v) is 2.80. The summed E-state index contributed by atoms with van der Waals surface area (Å²) in [6.07, 6.45) is -9.04. The minimum atomic E-state index is -4.95. The smallest absolute Gasteiger partial charge is 0.400 e. The van der Waals surface area contributed by atoms with Crippen molar-refractivity contribution in [2.75, 3.05) is 13.6 Å². The van der Waals surface area contributed by atoms with Crippen LogP contribution in [0, 0.1) is 0 Å². The van der Waals surface area contributed by atoms with Crippen molar-refractivity contribution in [3.8, 4) is 0 Å². The number of nitrogens with one attached hydrogen (secondary N) is 1. The molecule has 156 valence electrons. The second-order valence-corrected chi connectivity index (χ2v) is 7.60. The predicted octanol–water partition coefficient (Wildman–Crippen LogP) is 4.96. The van der Waals surface area contributed by atoms with E-state index in [0.717, 1.165) is 12.1 Å². The summed E-state index contributed by atoms with van der Waals surface area (Å²) in [5.41, 5.74) is -5.15. The maximum absolute atomic E-state index is 13.4. The largest absolute Gasteiger partial charge is 0.491 e. The van der Waals surface area contributed by atoms with Crippen molar-refractivity contribution in [3.05, 3.63) is 40.4 Å². The Balaban J connectivity index is 2.65. The van der Waals surface area contributed by atoms with Crippen LogP contribution in [-0.4, -0.2) is 31.9 Å². The monoisotopic (exact) mass is 409 g/mol. The van der Waals surface area contributed by atoms with Gasteiger partial charge in [-0.25, -0.2) is 0 Å². The maximum atomic E-state index is 13.4. The SMILES string of the molecule is CNCC(=Cc1c(C(F)(F)F)cccc1C(F)(F)F)B1OC(C)(C)C(C)(C)O1. The van der Waals surface area contributed by atoms with Crippen LogP contribution in [0.25, 0.3) is 6.08 Å². The molecule has 0 amide bonds. The van der Waals surface area contributed by atoms with Gasteiger partial charge in [-0.15, -0.1) is 0 Å². The van der Waals surface area contributed by atoms with E-state index in [-0.39, 0.29) is 12.0 Å². The molecule has 10 heteroatoms. The van der Waals surface area contributed by atoms with E-state index in [9.17, 15) is 26.3 Å². The third-order valence-corrected chi connectivity index (χ3v) is 4.98. The van der Waals surface area contributed by atoms with E-state index >= 15 is 0 Å². The molecule has 1 aromatic rings. The minimum absolute atomic E-state index is 0.0136. The molecule has 28 heavy (non-hydrogen) atoms. The highest BCUT2D eigenvalue weighted by Crippen LogP contribution is 2.42. The fraction of sp³-hybridized carbons (Fsp3) is 0.556. The number of alkyl halides is 6. The van der Waals surface area contributed by atoms with Crippen LogP contribution >= 0.6 is 0 Å². The van der Waals surface area contributed by atoms with Crippen LogP contribution in [-0.2, 0) is 21.7 Å². The molecule has 0 bridgehead atoms. The van der Waals surface area contributed by atoms with Crippen LogP contribution in [0.5, 0.6) is 0 Å². The number of hydrogen-bond acceptors (Lipinski definition) is 3. The lowest BCUT2D eigenvalue weighted by Gasteiger charge is -2.32. The van der Waals surface area contributed by atoms with E-state index in [1.54, 1.807) is 27.7 Å². The second-order valence-electron chi connectivity index (χ2n) is 7.60. The quantitative estimate of drug-likeness (QED) is 0.564. The lowest BCUT2D eigenvalue weighted by atomic mass is 9.76. The van der Waals surface area contributed by atoms with E-state index in [0.29, 0.717) is 12.1 Å². The molecule has 0 aliphatic carbocycles. The molecule has 0 radical (unpaired) electrons. The molecule has 1 N–H and O–H groups in total. The summed E-state index contributed by atoms with van der Waals surface area (Å²) in [4.78, 5) is 0. The van der Waals surface area contributed by atoms with Crippen LogP contribution in [0.3, 0.4) is 0 Å². The molecular weight excluding hydrogens is 387 g/mol. The van der Waals surface area contributed by atoms with E-state index in [2.05, 4.69) is 5.32 Å². The number of halogens is 6. The van der Waals surface area contributed by atoms with Gasteiger partial charge in [0.05, 0.1) is 22.3 Å². The highest BCUT2D eigenvalue weighted by Gasteiger charge is 2.52. The second kappa shape index (κ2) is 7.38. The van der Waals surface area contributed by atoms with Gasteiger partial charge in [0.1, 0.15) is 0 Å². The Morgan fingerprint density at radius 2 is 1.39 bits per heavy atom. The molecule has 0 atom stereocenters. The third kappa shape index (κ3) is 4.55. The Morgan fingerprint density at radius 3 is 1.75 bits per heavy atom. The molecule has 2 rings (SSSR count). The van der Waals surface area contributed by atoms with Crippen LogP contribution < -0.4 is 5.32 Å². The summed E-state index contributed by atoms with van der Waals surface area (Å²) in [6.45, 7) is 6.97. The maximum Gasteiger partial charge on any atom is 0.491 e. The molecule has 0 aromatic heterocycles. The average Bonchev–Trinajstić information content (AvgIpc) is 2.73. The Kier molecular flexibility index (Phi) is 6.01. The molecule has 0 unspecified atom stereocenters. The number of benzene rings is 1. The summed E-state index contributed by atoms with van der Waals surface area (Å²) < 4.78 is 92.0. The van der Waals surface area contributed by atoms with Crippen LogP contribution in [0.2, 0.25) is 0 Å². The molecular formula is C18H22BF6NO2. The van der Waals surface area contributed by atoms with Crippen molar-refractivity contribution in [1.29, 1.82) is 0 Å². The molecule has 1 fully saturated rings. The van der Waals surface area contributed by atoms with Crippen LogP contribution in [0.4, 0.5) is 26.3 Å². The van der Waals surface area contributed by atoms with Gasteiger partial charge in [-0.1, -0.05) is 12.1 Å². The fourth-order valence-electron chi connectivity index (χ4n) is 2.80. The zero-order valence-electron chi connectivity index (χ0n) is 16.2. The first-order valence-electron chi connectivity index (χ1n) is 8.58. The zero-order chi connectivity index (χ0) is 21.5. The lowest BCUT2D eigenvalue weighted by molar-refractivity contribution is -0.143. The molecule has 0 saturated carbocycles. The van der Waals surface area contributed by atoms with Gasteiger partial charge in [0.2, 0.25) is 0 Å². The van der Waals surface area contributed by atoms with Crippen molar-refractivity contribution in [2.45, 2.75) is 51.2 Å². The zero-order valence-corrected chi connectivity index (χ0v) is 16.2. The number of rotatable bonds is 4. The first-order chi connectivity index (χ1) is 12.6. The standard InChI is InChI=1S/C18H22BF6NO2/c1-15(2)16(3,4)28-19(27-15)11(10-26-5)9-12-13(17(20,21)22)7-6-8-14(12)18(23,24)25/h6-9,26H,10H2,1-5H3. The molecule has 1 aliphatic heterocycles. The van der Waals surface area contributed by atoms with E-state index < -0.39 is 47.4 Å². The molecule has 1 saturated heterocycles. The van der Waals surface area contributed by atoms with Gasteiger partial charge in [-0.05, 0) is 57.9 Å². The Morgan fingerprint density at radius 1 is 0.964 bits per heavy atom. The number of likely N-dealkylation sites (N-methyl/N-ethyl adjacent to an activating group) is 1. The number of hydrogen-bond donors (Lipinski definition) is 1. The minimum Gasteiger partial charge on any atom is -0.400 e. The Hall–Kier alpha value is -1.52. The molecule has 1 aromatic carbocycles. The van der Waals surface area contributed by atoms with Gasteiger partial charge in [-0.3, -0.25) is 0 Å². The summed E-state index contributed by atoms with van der Waals surface area (Å²) >= 11 is 0. The summed E-state index contributed by atoms with van der Waals surface area (Å²) in [5, 5.41) is 2.75. The van der Waals surface area contributed by atoms with Crippen molar-refractivity contribution >= 4 is 13.2 Å².